The van der Waals surface area contributed by atoms with Crippen molar-refractivity contribution >= 4 is 40.5 Å². The van der Waals surface area contributed by atoms with Crippen LogP contribution in [0.5, 0.6) is 0 Å². The highest BCUT2D eigenvalue weighted by Gasteiger charge is 2.42. The molecule has 1 saturated carbocycles. The molecule has 35 heavy (non-hydrogen) atoms. The topological polar surface area (TPSA) is 64.3 Å². The molecular formula is C30H24N2O2S. The Hall–Kier alpha value is -3.75. The van der Waals surface area contributed by atoms with E-state index in [0.717, 1.165) is 46.5 Å². The first kappa shape index (κ1) is 21.8. The van der Waals surface area contributed by atoms with Gasteiger partial charge in [-0.05, 0) is 83.5 Å². The minimum atomic E-state index is -1.20. The normalized spacial score (nSPS) is 19.7. The van der Waals surface area contributed by atoms with Crippen LogP contribution in [0.1, 0.15) is 59.9 Å². The molecule has 0 amide bonds. The summed E-state index contributed by atoms with van der Waals surface area (Å²) >= 11 is 5.93. The van der Waals surface area contributed by atoms with Crippen molar-refractivity contribution in [3.63, 3.8) is 0 Å². The fourth-order valence-electron chi connectivity index (χ4n) is 6.09. The largest absolute Gasteiger partial charge is 0.477 e. The van der Waals surface area contributed by atoms with Gasteiger partial charge in [-0.3, -0.25) is 0 Å². The van der Waals surface area contributed by atoms with E-state index in [1.54, 1.807) is 6.07 Å². The second kappa shape index (κ2) is 8.18. The van der Waals surface area contributed by atoms with Crippen molar-refractivity contribution in [2.45, 2.75) is 44.6 Å². The molecular weight excluding hydrogens is 452 g/mol. The molecule has 4 nitrogen and oxygen atoms in total. The van der Waals surface area contributed by atoms with E-state index in [1.165, 1.54) is 40.4 Å². The highest BCUT2D eigenvalue weighted by atomic mass is 32.1. The number of hydrogen-bond acceptors (Lipinski definition) is 4. The van der Waals surface area contributed by atoms with Gasteiger partial charge in [-0.2, -0.15) is 5.26 Å². The molecule has 3 aromatic rings. The summed E-state index contributed by atoms with van der Waals surface area (Å²) in [5.41, 5.74) is 10.1. The van der Waals surface area contributed by atoms with E-state index in [9.17, 15) is 9.90 Å². The number of nitriles is 1. The zero-order chi connectivity index (χ0) is 24.3. The molecule has 0 aromatic heterocycles. The molecule has 1 aliphatic heterocycles. The first-order chi connectivity index (χ1) is 17.0. The molecule has 6 rings (SSSR count). The number of anilines is 2. The molecule has 5 heteroatoms. The highest BCUT2D eigenvalue weighted by molar-refractivity contribution is 7.81. The predicted octanol–water partition coefficient (Wildman–Crippen LogP) is 6.78. The Balaban J connectivity index is 1.42. The van der Waals surface area contributed by atoms with E-state index in [-0.39, 0.29) is 5.57 Å². The summed E-state index contributed by atoms with van der Waals surface area (Å²) in [5.74, 6) is -0.798. The van der Waals surface area contributed by atoms with Crippen molar-refractivity contribution in [1.29, 1.82) is 5.26 Å². The number of nitrogens with zero attached hydrogens (tertiary/aromatic N) is 2. The average Bonchev–Trinajstić information content (AvgIpc) is 3.54. The van der Waals surface area contributed by atoms with Crippen LogP contribution in [0.25, 0.3) is 17.2 Å². The van der Waals surface area contributed by atoms with Gasteiger partial charge < -0.3 is 10.0 Å². The van der Waals surface area contributed by atoms with Gasteiger partial charge in [0.25, 0.3) is 0 Å². The predicted molar refractivity (Wildman–Crippen MR) is 142 cm³/mol. The fraction of sp³-hybridized carbons (Fsp3) is 0.233. The van der Waals surface area contributed by atoms with Gasteiger partial charge in [-0.1, -0.05) is 49.8 Å². The van der Waals surface area contributed by atoms with Gasteiger partial charge in [0.2, 0.25) is 0 Å². The third-order valence-corrected chi connectivity index (χ3v) is 8.18. The number of carboxylic acids is 1. The summed E-state index contributed by atoms with van der Waals surface area (Å²) < 4.78 is 0. The molecule has 172 valence electrons. The van der Waals surface area contributed by atoms with E-state index >= 15 is 0 Å². The van der Waals surface area contributed by atoms with Crippen LogP contribution in [0.4, 0.5) is 11.4 Å². The SMILES string of the molecule is CCc1ccc2c(c1)C(=S)c1cc(N3c4ccc(/C=C(\C#N)C(=O)O)cc4C4CCCC43)ccc1-2. The van der Waals surface area contributed by atoms with Crippen molar-refractivity contribution in [3.05, 3.63) is 88.0 Å². The second-order valence-corrected chi connectivity index (χ2v) is 9.97. The third-order valence-electron chi connectivity index (χ3n) is 7.74. The van der Waals surface area contributed by atoms with Crippen LogP contribution in [-0.4, -0.2) is 22.0 Å². The Bertz CT molecular complexity index is 1500. The van der Waals surface area contributed by atoms with Crippen molar-refractivity contribution in [2.75, 3.05) is 4.90 Å². The van der Waals surface area contributed by atoms with Gasteiger partial charge in [0.15, 0.2) is 0 Å². The van der Waals surface area contributed by atoms with E-state index in [2.05, 4.69) is 60.4 Å². The Morgan fingerprint density at radius 3 is 2.60 bits per heavy atom. The molecule has 3 aromatic carbocycles. The number of aryl methyl sites for hydroxylation is 1. The molecule has 1 heterocycles. The number of hydrogen-bond donors (Lipinski definition) is 1. The van der Waals surface area contributed by atoms with E-state index in [4.69, 9.17) is 17.5 Å². The summed E-state index contributed by atoms with van der Waals surface area (Å²) in [6, 6.07) is 21.5. The molecule has 2 atom stereocenters. The molecule has 1 N–H and O–H groups in total. The molecule has 0 radical (unpaired) electrons. The van der Waals surface area contributed by atoms with Crippen LogP contribution in [0.15, 0.2) is 60.2 Å². The van der Waals surface area contributed by atoms with Crippen molar-refractivity contribution in [3.8, 4) is 17.2 Å². The first-order valence-corrected chi connectivity index (χ1v) is 12.5. The lowest BCUT2D eigenvalue weighted by Gasteiger charge is -2.27. The molecule has 0 spiro atoms. The van der Waals surface area contributed by atoms with Gasteiger partial charge in [-0.25, -0.2) is 4.79 Å². The second-order valence-electron chi connectivity index (χ2n) is 9.56. The number of rotatable bonds is 4. The summed E-state index contributed by atoms with van der Waals surface area (Å²) in [7, 11) is 0. The van der Waals surface area contributed by atoms with Gasteiger partial charge in [0.05, 0.1) is 4.86 Å². The van der Waals surface area contributed by atoms with Crippen LogP contribution in [0, 0.1) is 11.3 Å². The lowest BCUT2D eigenvalue weighted by atomic mass is 9.95. The van der Waals surface area contributed by atoms with Crippen molar-refractivity contribution in [2.24, 2.45) is 0 Å². The molecule has 0 saturated heterocycles. The quantitative estimate of drug-likeness (QED) is 0.200. The Kier molecular flexibility index (Phi) is 5.09. The van der Waals surface area contributed by atoms with E-state index in [0.29, 0.717) is 12.0 Å². The number of benzene rings is 3. The monoisotopic (exact) mass is 476 g/mol. The Morgan fingerprint density at radius 1 is 1.09 bits per heavy atom. The van der Waals surface area contributed by atoms with Crippen LogP contribution in [-0.2, 0) is 11.2 Å². The average molecular weight is 477 g/mol. The number of aliphatic carboxylic acids is 1. The lowest BCUT2D eigenvalue weighted by Crippen LogP contribution is -2.26. The molecule has 2 aliphatic carbocycles. The van der Waals surface area contributed by atoms with Gasteiger partial charge in [-0.15, -0.1) is 0 Å². The van der Waals surface area contributed by atoms with Crippen LogP contribution in [0.3, 0.4) is 0 Å². The van der Waals surface area contributed by atoms with Gasteiger partial charge in [0, 0.05) is 34.5 Å². The summed E-state index contributed by atoms with van der Waals surface area (Å²) in [6.07, 6.45) is 5.85. The minimum absolute atomic E-state index is 0.249. The smallest absolute Gasteiger partial charge is 0.346 e. The summed E-state index contributed by atoms with van der Waals surface area (Å²) in [6.45, 7) is 2.16. The maximum Gasteiger partial charge on any atom is 0.346 e. The Morgan fingerprint density at radius 2 is 1.86 bits per heavy atom. The number of fused-ring (bicyclic) bond motifs is 6. The van der Waals surface area contributed by atoms with Crippen molar-refractivity contribution in [1.82, 2.24) is 0 Å². The minimum Gasteiger partial charge on any atom is -0.477 e. The fourth-order valence-corrected chi connectivity index (χ4v) is 6.43. The maximum atomic E-state index is 11.3. The summed E-state index contributed by atoms with van der Waals surface area (Å²) in [4.78, 5) is 14.7. The number of carboxylic acid groups (broad SMARTS) is 1. The zero-order valence-corrected chi connectivity index (χ0v) is 20.2. The first-order valence-electron chi connectivity index (χ1n) is 12.1. The Labute approximate surface area is 210 Å². The molecule has 3 aliphatic rings. The van der Waals surface area contributed by atoms with Crippen LogP contribution >= 0.6 is 12.2 Å². The standard InChI is InChI=1S/C30H24N2O2S/c1-2-17-6-9-21-22-10-8-20(15-26(22)29(35)25(21)13-17)32-27-5-3-4-23(27)24-14-18(7-11-28(24)32)12-19(16-31)30(33)34/h6-15,23,27H,2-5H2,1H3,(H,33,34)/b19-12+. The number of thiocarbonyl (C=S) groups is 1. The van der Waals surface area contributed by atoms with Crippen LogP contribution < -0.4 is 4.90 Å². The van der Waals surface area contributed by atoms with Crippen molar-refractivity contribution < 1.29 is 9.90 Å². The van der Waals surface area contributed by atoms with Gasteiger partial charge in [0.1, 0.15) is 11.6 Å². The zero-order valence-electron chi connectivity index (χ0n) is 19.4. The van der Waals surface area contributed by atoms with E-state index in [1.807, 2.05) is 6.07 Å². The lowest BCUT2D eigenvalue weighted by molar-refractivity contribution is -0.132. The third kappa shape index (κ3) is 3.32. The van der Waals surface area contributed by atoms with E-state index < -0.39 is 5.97 Å². The van der Waals surface area contributed by atoms with Crippen LogP contribution in [0.2, 0.25) is 0 Å². The highest BCUT2D eigenvalue weighted by Crippen LogP contribution is 2.53. The molecule has 2 unspecified atom stereocenters. The van der Waals surface area contributed by atoms with Gasteiger partial charge >= 0.3 is 5.97 Å². The molecule has 0 bridgehead atoms. The maximum absolute atomic E-state index is 11.3. The number of carbonyl (C=O) groups is 1. The molecule has 1 fully saturated rings. The summed E-state index contributed by atoms with van der Waals surface area (Å²) in [5, 5.41) is 18.4.